The molecule has 0 aliphatic heterocycles. The number of rotatable bonds is 7. The van der Waals surface area contributed by atoms with Crippen molar-refractivity contribution in [2.24, 2.45) is 0 Å². The molecule has 2 aromatic carbocycles. The van der Waals surface area contributed by atoms with Crippen LogP contribution in [0.5, 0.6) is 0 Å². The Kier molecular flexibility index (Phi) is 7.48. The highest BCUT2D eigenvalue weighted by molar-refractivity contribution is 7.89. The number of alkyl carbamates (subject to hydrolysis) is 1. The molecule has 0 aliphatic rings. The van der Waals surface area contributed by atoms with E-state index in [9.17, 15) is 17.6 Å². The number of aromatic nitrogens is 2. The molecule has 0 unspecified atom stereocenters. The van der Waals surface area contributed by atoms with Crippen molar-refractivity contribution in [3.8, 4) is 22.4 Å². The molecule has 1 heterocycles. The zero-order valence-electron chi connectivity index (χ0n) is 19.0. The largest absolute Gasteiger partial charge is 0.444 e. The number of nitrogens with two attached hydrogens (primary N) is 1. The molecular formula is C23H26FN5O4S. The Bertz CT molecular complexity index is 1280. The number of ether oxygens (including phenoxy) is 1. The van der Waals surface area contributed by atoms with Crippen molar-refractivity contribution in [1.29, 1.82) is 0 Å². The van der Waals surface area contributed by atoms with Gasteiger partial charge in [0.1, 0.15) is 17.2 Å². The predicted octanol–water partition coefficient (Wildman–Crippen LogP) is 3.33. The summed E-state index contributed by atoms with van der Waals surface area (Å²) in [6, 6.07) is 10.6. The number of hydrogen-bond acceptors (Lipinski definition) is 7. The van der Waals surface area contributed by atoms with Crippen LogP contribution in [0.4, 0.5) is 15.0 Å². The van der Waals surface area contributed by atoms with E-state index >= 15 is 0 Å². The van der Waals surface area contributed by atoms with Crippen molar-refractivity contribution in [3.05, 3.63) is 60.7 Å². The van der Waals surface area contributed by atoms with Gasteiger partial charge in [-0.2, -0.15) is 0 Å². The van der Waals surface area contributed by atoms with E-state index in [-0.39, 0.29) is 29.4 Å². The van der Waals surface area contributed by atoms with Crippen molar-refractivity contribution in [3.63, 3.8) is 0 Å². The minimum Gasteiger partial charge on any atom is -0.444 e. The van der Waals surface area contributed by atoms with Gasteiger partial charge in [0.15, 0.2) is 0 Å². The van der Waals surface area contributed by atoms with Crippen LogP contribution in [0, 0.1) is 5.82 Å². The van der Waals surface area contributed by atoms with E-state index in [0.717, 1.165) is 0 Å². The first-order chi connectivity index (χ1) is 16.0. The van der Waals surface area contributed by atoms with Crippen LogP contribution in [-0.4, -0.2) is 43.2 Å². The van der Waals surface area contributed by atoms with Crippen molar-refractivity contribution in [1.82, 2.24) is 20.0 Å². The molecule has 11 heteroatoms. The maximum absolute atomic E-state index is 14.9. The molecule has 3 rings (SSSR count). The molecule has 4 N–H and O–H groups in total. The molecular weight excluding hydrogens is 461 g/mol. The Morgan fingerprint density at radius 3 is 2.44 bits per heavy atom. The number of anilines is 1. The van der Waals surface area contributed by atoms with Gasteiger partial charge in [0.05, 0.1) is 23.0 Å². The van der Waals surface area contributed by atoms with Gasteiger partial charge in [-0.3, -0.25) is 4.98 Å². The number of amides is 1. The molecule has 0 aliphatic carbocycles. The lowest BCUT2D eigenvalue weighted by Gasteiger charge is -2.19. The van der Waals surface area contributed by atoms with Gasteiger partial charge in [0.25, 0.3) is 0 Å². The van der Waals surface area contributed by atoms with Gasteiger partial charge in [0.2, 0.25) is 10.0 Å². The number of halogens is 1. The summed E-state index contributed by atoms with van der Waals surface area (Å²) in [6.45, 7) is 5.15. The number of carbonyl (C=O) groups excluding carboxylic acids is 1. The molecule has 180 valence electrons. The van der Waals surface area contributed by atoms with E-state index in [1.54, 1.807) is 45.0 Å². The van der Waals surface area contributed by atoms with Gasteiger partial charge >= 0.3 is 6.09 Å². The van der Waals surface area contributed by atoms with Crippen molar-refractivity contribution >= 4 is 21.9 Å². The number of hydrogen-bond donors (Lipinski definition) is 3. The lowest BCUT2D eigenvalue weighted by atomic mass is 10.0. The van der Waals surface area contributed by atoms with Gasteiger partial charge in [0, 0.05) is 24.2 Å². The third-order valence-electron chi connectivity index (χ3n) is 4.49. The minimum atomic E-state index is -3.95. The number of sulfonamides is 1. The van der Waals surface area contributed by atoms with Gasteiger partial charge in [-0.25, -0.2) is 27.3 Å². The normalized spacial score (nSPS) is 11.8. The van der Waals surface area contributed by atoms with Crippen molar-refractivity contribution in [2.45, 2.75) is 31.3 Å². The van der Waals surface area contributed by atoms with Crippen molar-refractivity contribution in [2.75, 3.05) is 18.8 Å². The van der Waals surface area contributed by atoms with Gasteiger partial charge in [-0.1, -0.05) is 24.3 Å². The number of nitrogens with zero attached hydrogens (tertiary/aromatic N) is 2. The van der Waals surface area contributed by atoms with Crippen LogP contribution in [0.25, 0.3) is 22.4 Å². The summed E-state index contributed by atoms with van der Waals surface area (Å²) < 4.78 is 48.3. The fraction of sp³-hybridized carbons (Fsp3) is 0.261. The Morgan fingerprint density at radius 2 is 1.79 bits per heavy atom. The SMILES string of the molecule is CC(C)(C)OC(=O)NCCNS(=O)(=O)c1ccccc1-c1ccc(-c2cnc(N)cn2)c(F)c1. The minimum absolute atomic E-state index is 0.0216. The van der Waals surface area contributed by atoms with Crippen LogP contribution < -0.4 is 15.8 Å². The summed E-state index contributed by atoms with van der Waals surface area (Å²) in [6.07, 6.45) is 2.04. The second-order valence-electron chi connectivity index (χ2n) is 8.34. The number of carbonyl (C=O) groups is 1. The van der Waals surface area contributed by atoms with E-state index in [1.165, 1.54) is 30.6 Å². The van der Waals surface area contributed by atoms with Crippen LogP contribution in [-0.2, 0) is 14.8 Å². The highest BCUT2D eigenvalue weighted by Gasteiger charge is 2.20. The quantitative estimate of drug-likeness (QED) is 0.435. The predicted molar refractivity (Wildman–Crippen MR) is 127 cm³/mol. The Hall–Kier alpha value is -3.57. The lowest BCUT2D eigenvalue weighted by molar-refractivity contribution is 0.0529. The molecule has 0 saturated heterocycles. The monoisotopic (exact) mass is 487 g/mol. The van der Waals surface area contributed by atoms with Crippen LogP contribution in [0.15, 0.2) is 59.8 Å². The highest BCUT2D eigenvalue weighted by Crippen LogP contribution is 2.31. The second-order valence-corrected chi connectivity index (χ2v) is 10.1. The first kappa shape index (κ1) is 25.1. The smallest absolute Gasteiger partial charge is 0.407 e. The van der Waals surface area contributed by atoms with E-state index < -0.39 is 27.5 Å². The van der Waals surface area contributed by atoms with Crippen LogP contribution in [0.1, 0.15) is 20.8 Å². The Balaban J connectivity index is 1.77. The standard InChI is InChI=1S/C23H26FN5O4S/c1-23(2,3)33-22(30)26-10-11-29-34(31,32)20-7-5-4-6-16(20)15-8-9-17(18(24)12-15)19-13-28-21(25)14-27-19/h4-9,12-14,29H,10-11H2,1-3H3,(H2,25,28)(H,26,30). The molecule has 0 spiro atoms. The molecule has 0 saturated carbocycles. The Labute approximate surface area is 197 Å². The van der Waals surface area contributed by atoms with Crippen LogP contribution in [0.2, 0.25) is 0 Å². The topological polar surface area (TPSA) is 136 Å². The molecule has 3 aromatic rings. The summed E-state index contributed by atoms with van der Waals surface area (Å²) in [5.41, 5.74) is 6.08. The molecule has 0 fully saturated rings. The second kappa shape index (κ2) is 10.1. The highest BCUT2D eigenvalue weighted by atomic mass is 32.2. The third-order valence-corrected chi connectivity index (χ3v) is 6.01. The zero-order chi connectivity index (χ0) is 24.9. The first-order valence-electron chi connectivity index (χ1n) is 10.4. The summed E-state index contributed by atoms with van der Waals surface area (Å²) in [5.74, 6) is -0.369. The first-order valence-corrected chi connectivity index (χ1v) is 11.9. The summed E-state index contributed by atoms with van der Waals surface area (Å²) in [4.78, 5) is 19.7. The zero-order valence-corrected chi connectivity index (χ0v) is 19.8. The molecule has 0 bridgehead atoms. The number of nitrogen functional groups attached to an aromatic ring is 1. The number of nitrogens with one attached hydrogen (secondary N) is 2. The average molecular weight is 488 g/mol. The third kappa shape index (κ3) is 6.49. The maximum atomic E-state index is 14.9. The van der Waals surface area contributed by atoms with Crippen molar-refractivity contribution < 1.29 is 22.3 Å². The fourth-order valence-corrected chi connectivity index (χ4v) is 4.31. The van der Waals surface area contributed by atoms with Gasteiger partial charge in [-0.05, 0) is 44.5 Å². The summed E-state index contributed by atoms with van der Waals surface area (Å²) in [7, 11) is -3.95. The summed E-state index contributed by atoms with van der Waals surface area (Å²) in [5, 5.41) is 2.49. The Morgan fingerprint density at radius 1 is 1.06 bits per heavy atom. The maximum Gasteiger partial charge on any atom is 0.407 e. The molecule has 0 radical (unpaired) electrons. The van der Waals surface area contributed by atoms with E-state index in [1.807, 2.05) is 0 Å². The van der Waals surface area contributed by atoms with E-state index in [0.29, 0.717) is 16.8 Å². The molecule has 1 aromatic heterocycles. The van der Waals surface area contributed by atoms with Gasteiger partial charge in [-0.15, -0.1) is 0 Å². The molecule has 0 atom stereocenters. The molecule has 34 heavy (non-hydrogen) atoms. The van der Waals surface area contributed by atoms with Crippen LogP contribution >= 0.6 is 0 Å². The molecule has 9 nitrogen and oxygen atoms in total. The van der Waals surface area contributed by atoms with Gasteiger partial charge < -0.3 is 15.8 Å². The van der Waals surface area contributed by atoms with Crippen LogP contribution in [0.3, 0.4) is 0 Å². The average Bonchev–Trinajstić information content (AvgIpc) is 2.76. The fourth-order valence-electron chi connectivity index (χ4n) is 3.05. The number of benzene rings is 2. The van der Waals surface area contributed by atoms with E-state index in [2.05, 4.69) is 20.0 Å². The lowest BCUT2D eigenvalue weighted by Crippen LogP contribution is -2.37. The van der Waals surface area contributed by atoms with E-state index in [4.69, 9.17) is 10.5 Å². The molecule has 1 amide bonds. The summed E-state index contributed by atoms with van der Waals surface area (Å²) >= 11 is 0.